The van der Waals surface area contributed by atoms with E-state index < -0.39 is 0 Å². The Balaban J connectivity index is 1.72. The normalized spacial score (nSPS) is 18.0. The van der Waals surface area contributed by atoms with Gasteiger partial charge in [-0.3, -0.25) is 4.79 Å². The van der Waals surface area contributed by atoms with Crippen LogP contribution in [0, 0.1) is 0 Å². The Morgan fingerprint density at radius 2 is 2.21 bits per heavy atom. The molecule has 0 saturated carbocycles. The van der Waals surface area contributed by atoms with Gasteiger partial charge in [0.2, 0.25) is 5.91 Å². The van der Waals surface area contributed by atoms with Gasteiger partial charge in [-0.05, 0) is 25.0 Å². The maximum atomic E-state index is 12.6. The Kier molecular flexibility index (Phi) is 4.49. The third-order valence-electron chi connectivity index (χ3n) is 4.06. The van der Waals surface area contributed by atoms with Crippen LogP contribution in [0.25, 0.3) is 0 Å². The average molecular weight is 349 g/mol. The van der Waals surface area contributed by atoms with Crippen LogP contribution in [0.5, 0.6) is 0 Å². The van der Waals surface area contributed by atoms with Gasteiger partial charge in [-0.15, -0.1) is 0 Å². The monoisotopic (exact) mass is 348 g/mol. The maximum absolute atomic E-state index is 12.6. The van der Waals surface area contributed by atoms with E-state index in [2.05, 4.69) is 15.5 Å². The van der Waals surface area contributed by atoms with Crippen molar-refractivity contribution < 1.29 is 9.32 Å². The number of nitrogens with one attached hydrogen (secondary N) is 1. The topological polar surface area (TPSA) is 71.3 Å². The number of hydrogen-bond donors (Lipinski definition) is 1. The van der Waals surface area contributed by atoms with E-state index in [1.807, 2.05) is 31.7 Å². The summed E-state index contributed by atoms with van der Waals surface area (Å²) in [6, 6.07) is 5.12. The van der Waals surface area contributed by atoms with E-state index in [1.54, 1.807) is 18.3 Å². The second-order valence-corrected chi connectivity index (χ2v) is 7.44. The van der Waals surface area contributed by atoms with E-state index in [9.17, 15) is 4.79 Å². The number of amides is 1. The van der Waals surface area contributed by atoms with E-state index in [0.29, 0.717) is 10.8 Å². The third kappa shape index (κ3) is 3.53. The summed E-state index contributed by atoms with van der Waals surface area (Å²) in [4.78, 5) is 18.9. The van der Waals surface area contributed by atoms with E-state index >= 15 is 0 Å². The molecular formula is C17H21ClN4O2. The number of anilines is 2. The second-order valence-electron chi connectivity index (χ2n) is 7.00. The molecule has 0 aromatic carbocycles. The fraction of sp³-hybridized carbons (Fsp3) is 0.471. The van der Waals surface area contributed by atoms with Crippen LogP contribution in [0.2, 0.25) is 5.02 Å². The van der Waals surface area contributed by atoms with E-state index in [1.165, 1.54) is 0 Å². The lowest BCUT2D eigenvalue weighted by atomic mass is 9.93. The Morgan fingerprint density at radius 1 is 1.42 bits per heavy atom. The fourth-order valence-electron chi connectivity index (χ4n) is 2.75. The molecule has 1 saturated heterocycles. The summed E-state index contributed by atoms with van der Waals surface area (Å²) in [6.45, 7) is 6.89. The summed E-state index contributed by atoms with van der Waals surface area (Å²) in [7, 11) is 0. The van der Waals surface area contributed by atoms with Crippen molar-refractivity contribution in [3.8, 4) is 0 Å². The van der Waals surface area contributed by atoms with Gasteiger partial charge in [0, 0.05) is 24.2 Å². The van der Waals surface area contributed by atoms with Crippen molar-refractivity contribution in [1.82, 2.24) is 10.1 Å². The Morgan fingerprint density at radius 3 is 2.83 bits per heavy atom. The second kappa shape index (κ2) is 6.43. The van der Waals surface area contributed by atoms with Gasteiger partial charge in [0.25, 0.3) is 0 Å². The number of rotatable bonds is 3. The van der Waals surface area contributed by atoms with Gasteiger partial charge < -0.3 is 14.7 Å². The molecule has 0 spiro atoms. The Labute approximate surface area is 146 Å². The lowest BCUT2D eigenvalue weighted by molar-refractivity contribution is -0.117. The summed E-state index contributed by atoms with van der Waals surface area (Å²) in [5, 5.41) is 7.37. The zero-order chi connectivity index (χ0) is 17.3. The van der Waals surface area contributed by atoms with Gasteiger partial charge in [-0.1, -0.05) is 37.5 Å². The molecule has 6 nitrogen and oxygen atoms in total. The molecule has 1 aliphatic rings. The summed E-state index contributed by atoms with van der Waals surface area (Å²) in [5.74, 6) is 1.84. The van der Waals surface area contributed by atoms with Crippen molar-refractivity contribution in [1.29, 1.82) is 0 Å². The summed E-state index contributed by atoms with van der Waals surface area (Å²) >= 11 is 5.88. The first-order valence-electron chi connectivity index (χ1n) is 8.01. The first-order chi connectivity index (χ1) is 11.3. The van der Waals surface area contributed by atoms with Gasteiger partial charge in [-0.25, -0.2) is 4.98 Å². The van der Waals surface area contributed by atoms with Crippen molar-refractivity contribution in [2.45, 2.75) is 45.1 Å². The van der Waals surface area contributed by atoms with Gasteiger partial charge in [0.05, 0.1) is 5.02 Å². The first-order valence-corrected chi connectivity index (χ1v) is 8.38. The molecular weight excluding hydrogens is 328 g/mol. The minimum absolute atomic E-state index is 0.0991. The van der Waals surface area contributed by atoms with Crippen LogP contribution >= 0.6 is 11.6 Å². The zero-order valence-corrected chi connectivity index (χ0v) is 14.8. The number of halogens is 1. The van der Waals surface area contributed by atoms with Crippen LogP contribution < -0.4 is 10.2 Å². The summed E-state index contributed by atoms with van der Waals surface area (Å²) in [6.07, 6.45) is 3.31. The highest BCUT2D eigenvalue weighted by Crippen LogP contribution is 2.27. The average Bonchev–Trinajstić information content (AvgIpc) is 3.16. The quantitative estimate of drug-likeness (QED) is 0.917. The SMILES string of the molecule is CC(C)(C)c1cc(NC(=O)C2CCCN2c2ccc(Cl)cn2)no1. The van der Waals surface area contributed by atoms with Crippen LogP contribution in [0.4, 0.5) is 11.6 Å². The molecule has 3 rings (SSSR count). The number of carbonyl (C=O) groups is 1. The van der Waals surface area contributed by atoms with E-state index in [-0.39, 0.29) is 17.4 Å². The molecule has 0 bridgehead atoms. The fourth-order valence-corrected chi connectivity index (χ4v) is 2.86. The smallest absolute Gasteiger partial charge is 0.248 e. The molecule has 1 atom stereocenters. The highest BCUT2D eigenvalue weighted by molar-refractivity contribution is 6.30. The highest BCUT2D eigenvalue weighted by atomic mass is 35.5. The van der Waals surface area contributed by atoms with Crippen molar-refractivity contribution in [2.75, 3.05) is 16.8 Å². The summed E-state index contributed by atoms with van der Waals surface area (Å²) in [5.41, 5.74) is -0.150. The molecule has 1 amide bonds. The largest absolute Gasteiger partial charge is 0.359 e. The lowest BCUT2D eigenvalue weighted by Gasteiger charge is -2.24. The Bertz CT molecular complexity index is 721. The zero-order valence-electron chi connectivity index (χ0n) is 14.0. The molecule has 1 fully saturated rings. The van der Waals surface area contributed by atoms with Gasteiger partial charge in [0.1, 0.15) is 17.6 Å². The van der Waals surface area contributed by atoms with Crippen LogP contribution in [0.15, 0.2) is 28.9 Å². The van der Waals surface area contributed by atoms with Crippen LogP contribution in [0.3, 0.4) is 0 Å². The predicted molar refractivity (Wildman–Crippen MR) is 93.4 cm³/mol. The van der Waals surface area contributed by atoms with E-state index in [0.717, 1.165) is 31.0 Å². The minimum atomic E-state index is -0.270. The Hall–Kier alpha value is -2.08. The maximum Gasteiger partial charge on any atom is 0.248 e. The van der Waals surface area contributed by atoms with Crippen LogP contribution in [-0.2, 0) is 10.2 Å². The predicted octanol–water partition coefficient (Wildman–Crippen LogP) is 3.63. The molecule has 0 aliphatic carbocycles. The molecule has 128 valence electrons. The molecule has 0 radical (unpaired) electrons. The van der Waals surface area contributed by atoms with Gasteiger partial charge >= 0.3 is 0 Å². The van der Waals surface area contributed by atoms with Crippen molar-refractivity contribution in [2.24, 2.45) is 0 Å². The first kappa shape index (κ1) is 16.8. The summed E-state index contributed by atoms with van der Waals surface area (Å²) < 4.78 is 5.31. The van der Waals surface area contributed by atoms with Gasteiger partial charge in [-0.2, -0.15) is 0 Å². The molecule has 2 aromatic heterocycles. The molecule has 24 heavy (non-hydrogen) atoms. The number of pyridine rings is 1. The number of aromatic nitrogens is 2. The number of carbonyl (C=O) groups excluding carboxylic acids is 1. The molecule has 1 N–H and O–H groups in total. The van der Waals surface area contributed by atoms with Crippen molar-refractivity contribution >= 4 is 29.1 Å². The molecule has 3 heterocycles. The van der Waals surface area contributed by atoms with Crippen LogP contribution in [0.1, 0.15) is 39.4 Å². The number of nitrogens with zero attached hydrogens (tertiary/aromatic N) is 3. The molecule has 7 heteroatoms. The van der Waals surface area contributed by atoms with Gasteiger partial charge in [0.15, 0.2) is 5.82 Å². The minimum Gasteiger partial charge on any atom is -0.359 e. The van der Waals surface area contributed by atoms with E-state index in [4.69, 9.17) is 16.1 Å². The lowest BCUT2D eigenvalue weighted by Crippen LogP contribution is -2.40. The molecule has 1 aliphatic heterocycles. The molecule has 1 unspecified atom stereocenters. The molecule has 2 aromatic rings. The van der Waals surface area contributed by atoms with Crippen molar-refractivity contribution in [3.63, 3.8) is 0 Å². The highest BCUT2D eigenvalue weighted by Gasteiger charge is 2.32. The third-order valence-corrected chi connectivity index (χ3v) is 4.29. The number of hydrogen-bond acceptors (Lipinski definition) is 5. The van der Waals surface area contributed by atoms with Crippen LogP contribution in [-0.4, -0.2) is 28.6 Å². The standard InChI is InChI=1S/C17H21ClN4O2/c1-17(2,3)13-9-14(21-24-13)20-16(23)12-5-4-8-22(12)15-7-6-11(18)10-19-15/h6-7,9-10,12H,4-5,8H2,1-3H3,(H,20,21,23). The van der Waals surface area contributed by atoms with Crippen molar-refractivity contribution in [3.05, 3.63) is 35.2 Å².